The van der Waals surface area contributed by atoms with E-state index in [2.05, 4.69) is 12.1 Å². The highest BCUT2D eigenvalue weighted by atomic mass is 16.1. The Morgan fingerprint density at radius 2 is 0.800 bits per heavy atom. The van der Waals surface area contributed by atoms with Crippen molar-refractivity contribution in [3.63, 3.8) is 0 Å². The van der Waals surface area contributed by atoms with Gasteiger partial charge in [-0.15, -0.1) is 0 Å². The summed E-state index contributed by atoms with van der Waals surface area (Å²) in [4.78, 5) is 38.2. The predicted molar refractivity (Wildman–Crippen MR) is 161 cm³/mol. The van der Waals surface area contributed by atoms with E-state index in [1.54, 1.807) is 13.8 Å². The highest BCUT2D eigenvalue weighted by Gasteiger charge is 2.28. The van der Waals surface area contributed by atoms with Crippen molar-refractivity contribution < 1.29 is 14.4 Å². The molecule has 1 aliphatic rings. The van der Waals surface area contributed by atoms with Crippen LogP contribution in [-0.2, 0) is 0 Å². The van der Waals surface area contributed by atoms with Crippen molar-refractivity contribution in [3.05, 3.63) is 131 Å². The molecule has 0 aliphatic heterocycles. The third-order valence-electron chi connectivity index (χ3n) is 8.05. The van der Waals surface area contributed by atoms with Crippen molar-refractivity contribution >= 4 is 38.9 Å². The van der Waals surface area contributed by atoms with Gasteiger partial charge in [0.05, 0.1) is 0 Å². The Bertz CT molecular complexity index is 1930. The van der Waals surface area contributed by atoms with Gasteiger partial charge in [0.2, 0.25) is 0 Å². The molecule has 40 heavy (non-hydrogen) atoms. The normalized spacial score (nSPS) is 12.0. The number of carbonyl (C=O) groups excluding carboxylic acids is 3. The maximum absolute atomic E-state index is 13.8. The molecule has 190 valence electrons. The zero-order chi connectivity index (χ0) is 27.5. The van der Waals surface area contributed by atoms with Crippen molar-refractivity contribution in [2.24, 2.45) is 0 Å². The fourth-order valence-corrected chi connectivity index (χ4v) is 6.13. The molecule has 0 radical (unpaired) electrons. The summed E-state index contributed by atoms with van der Waals surface area (Å²) in [5.74, 6) is 0.0618. The molecular formula is C37H24O3. The van der Waals surface area contributed by atoms with E-state index in [4.69, 9.17) is 0 Å². The van der Waals surface area contributed by atoms with Crippen LogP contribution >= 0.6 is 0 Å². The van der Waals surface area contributed by atoms with Crippen molar-refractivity contribution in [1.82, 2.24) is 0 Å². The summed E-state index contributed by atoms with van der Waals surface area (Å²) in [5.41, 5.74) is 8.47. The van der Waals surface area contributed by atoms with Gasteiger partial charge in [0, 0.05) is 22.3 Å². The lowest BCUT2D eigenvalue weighted by molar-refractivity contribution is 0.101. The average molecular weight is 517 g/mol. The molecule has 0 unspecified atom stereocenters. The largest absolute Gasteiger partial charge is 0.294 e. The molecule has 0 saturated heterocycles. The molecule has 0 saturated carbocycles. The zero-order valence-electron chi connectivity index (χ0n) is 22.1. The molecule has 1 aliphatic carbocycles. The summed E-state index contributed by atoms with van der Waals surface area (Å²) in [6, 6.07) is 35.6. The van der Waals surface area contributed by atoms with Crippen LogP contribution in [0.3, 0.4) is 0 Å². The molecule has 3 nitrogen and oxygen atoms in total. The first-order valence-electron chi connectivity index (χ1n) is 13.3. The lowest BCUT2D eigenvalue weighted by Crippen LogP contribution is -1.98. The number of rotatable bonds is 4. The summed E-state index contributed by atoms with van der Waals surface area (Å²) in [6.45, 7) is 3.17. The van der Waals surface area contributed by atoms with Gasteiger partial charge in [-0.1, -0.05) is 97.1 Å². The molecule has 6 aromatic rings. The second kappa shape index (κ2) is 8.96. The van der Waals surface area contributed by atoms with E-state index in [-0.39, 0.29) is 17.3 Å². The van der Waals surface area contributed by atoms with E-state index in [0.717, 1.165) is 54.9 Å². The van der Waals surface area contributed by atoms with Gasteiger partial charge in [-0.05, 0) is 80.9 Å². The Labute approximate surface area is 231 Å². The minimum Gasteiger partial charge on any atom is -0.294 e. The fraction of sp³-hybridized carbons (Fsp3) is 0.0541. The Kier molecular flexibility index (Phi) is 5.36. The van der Waals surface area contributed by atoms with Gasteiger partial charge < -0.3 is 0 Å². The second-order valence-corrected chi connectivity index (χ2v) is 10.4. The summed E-state index contributed by atoms with van der Waals surface area (Å²) in [5, 5.41) is 3.80. The van der Waals surface area contributed by atoms with Crippen LogP contribution in [0.15, 0.2) is 109 Å². The Morgan fingerprint density at radius 3 is 1.20 bits per heavy atom. The lowest BCUT2D eigenvalue weighted by Gasteiger charge is -2.11. The Balaban J connectivity index is 1.33. The summed E-state index contributed by atoms with van der Waals surface area (Å²) >= 11 is 0. The number of Topliss-reactive ketones (excluding diaryl/α,β-unsaturated/α-hetero) is 2. The van der Waals surface area contributed by atoms with Crippen LogP contribution in [0.25, 0.3) is 54.9 Å². The summed E-state index contributed by atoms with van der Waals surface area (Å²) < 4.78 is 0. The number of benzene rings is 6. The predicted octanol–water partition coefficient (Wildman–Crippen LogP) is 8.94. The van der Waals surface area contributed by atoms with E-state index >= 15 is 0 Å². The van der Waals surface area contributed by atoms with E-state index < -0.39 is 0 Å². The number of fused-ring (bicyclic) bond motifs is 5. The van der Waals surface area contributed by atoms with Crippen LogP contribution in [0.1, 0.15) is 50.5 Å². The first-order valence-corrected chi connectivity index (χ1v) is 13.3. The van der Waals surface area contributed by atoms with Crippen LogP contribution in [0, 0.1) is 0 Å². The molecule has 0 amide bonds. The van der Waals surface area contributed by atoms with Gasteiger partial charge >= 0.3 is 0 Å². The number of carbonyl (C=O) groups is 3. The first-order chi connectivity index (χ1) is 19.4. The van der Waals surface area contributed by atoms with E-state index in [1.807, 2.05) is 97.1 Å². The number of hydrogen-bond acceptors (Lipinski definition) is 3. The van der Waals surface area contributed by atoms with Crippen LogP contribution < -0.4 is 0 Å². The SMILES string of the molecule is CC(=O)c1ccc(-c2ccc3c(c2)C(=O)c2cc(-c4ccc(C(C)=O)c5ccccc45)ccc2-3)c2ccccc12. The average Bonchev–Trinajstić information content (AvgIpc) is 3.26. The van der Waals surface area contributed by atoms with Gasteiger partial charge in [-0.25, -0.2) is 0 Å². The third-order valence-corrected chi connectivity index (χ3v) is 8.05. The molecule has 0 spiro atoms. The Hall–Kier alpha value is -5.15. The van der Waals surface area contributed by atoms with Gasteiger partial charge in [-0.2, -0.15) is 0 Å². The highest BCUT2D eigenvalue weighted by molar-refractivity contribution is 6.23. The molecule has 7 rings (SSSR count). The third kappa shape index (κ3) is 3.55. The van der Waals surface area contributed by atoms with E-state index in [9.17, 15) is 14.4 Å². The lowest BCUT2D eigenvalue weighted by atomic mass is 9.92. The van der Waals surface area contributed by atoms with Crippen LogP contribution in [-0.4, -0.2) is 17.3 Å². The molecule has 6 aromatic carbocycles. The molecule has 0 heterocycles. The summed E-state index contributed by atoms with van der Waals surface area (Å²) in [7, 11) is 0. The number of ketones is 3. The van der Waals surface area contributed by atoms with Crippen molar-refractivity contribution in [2.45, 2.75) is 13.8 Å². The van der Waals surface area contributed by atoms with Gasteiger partial charge in [0.15, 0.2) is 17.3 Å². The highest BCUT2D eigenvalue weighted by Crippen LogP contribution is 2.42. The molecule has 0 aromatic heterocycles. The zero-order valence-corrected chi connectivity index (χ0v) is 22.1. The van der Waals surface area contributed by atoms with Crippen LogP contribution in [0.2, 0.25) is 0 Å². The molecule has 0 bridgehead atoms. The van der Waals surface area contributed by atoms with Crippen LogP contribution in [0.4, 0.5) is 0 Å². The topological polar surface area (TPSA) is 51.2 Å². The van der Waals surface area contributed by atoms with Crippen molar-refractivity contribution in [3.8, 4) is 33.4 Å². The van der Waals surface area contributed by atoms with Crippen molar-refractivity contribution in [2.75, 3.05) is 0 Å². The molecule has 0 N–H and O–H groups in total. The summed E-state index contributed by atoms with van der Waals surface area (Å²) in [6.07, 6.45) is 0. The fourth-order valence-electron chi connectivity index (χ4n) is 6.13. The minimum atomic E-state index is 0.00280. The van der Waals surface area contributed by atoms with E-state index in [1.165, 1.54) is 0 Å². The quantitative estimate of drug-likeness (QED) is 0.219. The van der Waals surface area contributed by atoms with Crippen molar-refractivity contribution in [1.29, 1.82) is 0 Å². The van der Waals surface area contributed by atoms with Gasteiger partial charge in [0.1, 0.15) is 0 Å². The molecule has 0 fully saturated rings. The smallest absolute Gasteiger partial charge is 0.194 e. The standard InChI is InChI=1S/C37H24O3/c1-21(38)25-15-17-27(31-9-5-3-7-29(25)31)23-11-13-33-34-14-12-24(20-36(34)37(40)35(33)19-23)28-18-16-26(22(2)39)30-8-4-6-10-32(28)30/h3-20H,1-2H3. The molecular weight excluding hydrogens is 492 g/mol. The number of hydrogen-bond donors (Lipinski definition) is 0. The van der Waals surface area contributed by atoms with Gasteiger partial charge in [0.25, 0.3) is 0 Å². The Morgan fingerprint density at radius 1 is 0.425 bits per heavy atom. The monoisotopic (exact) mass is 516 g/mol. The maximum Gasteiger partial charge on any atom is 0.194 e. The van der Waals surface area contributed by atoms with Gasteiger partial charge in [-0.3, -0.25) is 14.4 Å². The maximum atomic E-state index is 13.8. The second-order valence-electron chi connectivity index (χ2n) is 10.4. The molecule has 0 atom stereocenters. The molecule has 3 heteroatoms. The first kappa shape index (κ1) is 23.9. The van der Waals surface area contributed by atoms with E-state index in [0.29, 0.717) is 22.3 Å². The minimum absolute atomic E-state index is 0.00280. The van der Waals surface area contributed by atoms with Crippen LogP contribution in [0.5, 0.6) is 0 Å².